The molecule has 0 unspecified atom stereocenters. The summed E-state index contributed by atoms with van der Waals surface area (Å²) >= 11 is 1.17. The Hall–Kier alpha value is -0.670. The smallest absolute Gasteiger partial charge is 0.166 e. The van der Waals surface area contributed by atoms with Crippen molar-refractivity contribution in [2.45, 2.75) is 0 Å². The fourth-order valence-corrected chi connectivity index (χ4v) is 0.696. The predicted molar refractivity (Wildman–Crippen MR) is 41.7 cm³/mol. The Morgan fingerprint density at radius 1 is 1.20 bits per heavy atom. The lowest BCUT2D eigenvalue weighted by Crippen LogP contribution is -1.86. The Kier molecular flexibility index (Phi) is 3.12. The lowest BCUT2D eigenvalue weighted by atomic mass is 10.3. The highest BCUT2D eigenvalue weighted by Gasteiger charge is 1.88. The van der Waals surface area contributed by atoms with Gasteiger partial charge in [-0.1, -0.05) is 18.2 Å². The topological polar surface area (TPSA) is 18.5 Å². The second-order valence-corrected chi connectivity index (χ2v) is 2.10. The first kappa shape index (κ1) is 7.44. The summed E-state index contributed by atoms with van der Waals surface area (Å²) in [7, 11) is 0. The van der Waals surface area contributed by atoms with Crippen LogP contribution in [0.2, 0.25) is 0 Å². The molecule has 0 aromatic heterocycles. The first-order chi connectivity index (χ1) is 4.93. The van der Waals surface area contributed by atoms with E-state index < -0.39 is 0 Å². The zero-order valence-electron chi connectivity index (χ0n) is 5.61. The van der Waals surface area contributed by atoms with Gasteiger partial charge in [0.2, 0.25) is 0 Å². The molecule has 0 N–H and O–H groups in total. The van der Waals surface area contributed by atoms with E-state index in [9.17, 15) is 0 Å². The summed E-state index contributed by atoms with van der Waals surface area (Å²) in [5.74, 6) is 0.719. The summed E-state index contributed by atoms with van der Waals surface area (Å²) in [4.78, 5) is 4.82. The van der Waals surface area contributed by atoms with Gasteiger partial charge in [0.1, 0.15) is 0 Å². The van der Waals surface area contributed by atoms with Gasteiger partial charge in [-0.3, -0.25) is 0 Å². The third-order valence-corrected chi connectivity index (χ3v) is 1.15. The molecule has 0 aliphatic carbocycles. The third kappa shape index (κ3) is 2.29. The molecular formula is C7H8O2S. The van der Waals surface area contributed by atoms with Crippen LogP contribution in [-0.4, -0.2) is 6.26 Å². The molecule has 54 valence electrons. The predicted octanol–water partition coefficient (Wildman–Crippen LogP) is 2.28. The van der Waals surface area contributed by atoms with Crippen molar-refractivity contribution < 1.29 is 9.22 Å². The first-order valence-electron chi connectivity index (χ1n) is 2.86. The highest BCUT2D eigenvalue weighted by molar-refractivity contribution is 7.93. The van der Waals surface area contributed by atoms with Crippen molar-refractivity contribution in [2.24, 2.45) is 0 Å². The molecule has 3 heteroatoms. The molecule has 0 spiro atoms. The number of para-hydroxylation sites is 1. The first-order valence-corrected chi connectivity index (χ1v) is 4.01. The van der Waals surface area contributed by atoms with Crippen LogP contribution in [0.15, 0.2) is 30.3 Å². The van der Waals surface area contributed by atoms with Crippen molar-refractivity contribution in [3.05, 3.63) is 30.3 Å². The number of hydrogen-bond donors (Lipinski definition) is 0. The summed E-state index contributed by atoms with van der Waals surface area (Å²) in [6.45, 7) is 0. The molecule has 0 fully saturated rings. The molecule has 0 radical (unpaired) electrons. The van der Waals surface area contributed by atoms with Gasteiger partial charge in [0.15, 0.2) is 5.75 Å². The van der Waals surface area contributed by atoms with Gasteiger partial charge in [-0.25, -0.2) is 0 Å². The minimum absolute atomic E-state index is 0.719. The number of hydrogen-bond acceptors (Lipinski definition) is 3. The average molecular weight is 156 g/mol. The van der Waals surface area contributed by atoms with E-state index in [0.717, 1.165) is 5.75 Å². The molecule has 1 rings (SSSR count). The molecule has 0 atom stereocenters. The standard InChI is InChI=1S/C7H8O2S/c1-10-9-8-7-5-3-2-4-6-7/h2-6H,1H3. The van der Waals surface area contributed by atoms with Crippen molar-refractivity contribution in [3.8, 4) is 5.75 Å². The molecule has 0 saturated carbocycles. The SMILES string of the molecule is CSOOc1ccccc1. The van der Waals surface area contributed by atoms with E-state index in [-0.39, 0.29) is 0 Å². The van der Waals surface area contributed by atoms with E-state index in [2.05, 4.69) is 4.33 Å². The third-order valence-electron chi connectivity index (χ3n) is 0.941. The van der Waals surface area contributed by atoms with E-state index in [4.69, 9.17) is 4.89 Å². The van der Waals surface area contributed by atoms with Crippen LogP contribution >= 0.6 is 12.0 Å². The van der Waals surface area contributed by atoms with Crippen LogP contribution in [0.25, 0.3) is 0 Å². The van der Waals surface area contributed by atoms with Crippen LogP contribution in [0.4, 0.5) is 0 Å². The lowest BCUT2D eigenvalue weighted by molar-refractivity contribution is -0.0770. The summed E-state index contributed by atoms with van der Waals surface area (Å²) in [6, 6.07) is 9.36. The monoisotopic (exact) mass is 156 g/mol. The molecule has 0 aliphatic rings. The number of benzene rings is 1. The van der Waals surface area contributed by atoms with Crippen LogP contribution in [0.3, 0.4) is 0 Å². The maximum absolute atomic E-state index is 4.82. The summed E-state index contributed by atoms with van der Waals surface area (Å²) in [5.41, 5.74) is 0. The second kappa shape index (κ2) is 4.19. The van der Waals surface area contributed by atoms with Gasteiger partial charge in [0.05, 0.1) is 0 Å². The van der Waals surface area contributed by atoms with Crippen molar-refractivity contribution in [1.29, 1.82) is 0 Å². The molecule has 1 aromatic carbocycles. The van der Waals surface area contributed by atoms with Gasteiger partial charge in [-0.15, -0.1) is 4.33 Å². The van der Waals surface area contributed by atoms with E-state index in [1.165, 1.54) is 12.0 Å². The van der Waals surface area contributed by atoms with Crippen molar-refractivity contribution in [3.63, 3.8) is 0 Å². The Bertz CT molecular complexity index is 176. The van der Waals surface area contributed by atoms with Crippen LogP contribution < -0.4 is 4.89 Å². The second-order valence-electron chi connectivity index (χ2n) is 1.63. The zero-order valence-corrected chi connectivity index (χ0v) is 6.43. The summed E-state index contributed by atoms with van der Waals surface area (Å²) in [5, 5.41) is 0. The molecule has 10 heavy (non-hydrogen) atoms. The summed E-state index contributed by atoms with van der Waals surface area (Å²) in [6.07, 6.45) is 1.79. The minimum atomic E-state index is 0.719. The summed E-state index contributed by atoms with van der Waals surface area (Å²) < 4.78 is 4.64. The molecular weight excluding hydrogens is 148 g/mol. The Morgan fingerprint density at radius 3 is 2.50 bits per heavy atom. The molecule has 0 bridgehead atoms. The highest BCUT2D eigenvalue weighted by atomic mass is 32.2. The van der Waals surface area contributed by atoms with Crippen molar-refractivity contribution >= 4 is 12.0 Å². The van der Waals surface area contributed by atoms with Gasteiger partial charge in [0.25, 0.3) is 0 Å². The zero-order chi connectivity index (χ0) is 7.23. The molecule has 2 nitrogen and oxygen atoms in total. The fraction of sp³-hybridized carbons (Fsp3) is 0.143. The van der Waals surface area contributed by atoms with Crippen LogP contribution in [0.1, 0.15) is 0 Å². The maximum Gasteiger partial charge on any atom is 0.166 e. The van der Waals surface area contributed by atoms with Crippen molar-refractivity contribution in [1.82, 2.24) is 0 Å². The van der Waals surface area contributed by atoms with Crippen LogP contribution in [0.5, 0.6) is 5.75 Å². The van der Waals surface area contributed by atoms with E-state index in [1.54, 1.807) is 6.26 Å². The molecule has 0 aliphatic heterocycles. The largest absolute Gasteiger partial charge is 0.325 e. The van der Waals surface area contributed by atoms with Gasteiger partial charge < -0.3 is 4.89 Å². The van der Waals surface area contributed by atoms with Gasteiger partial charge >= 0.3 is 0 Å². The van der Waals surface area contributed by atoms with Gasteiger partial charge in [-0.2, -0.15) is 0 Å². The maximum atomic E-state index is 4.82. The van der Waals surface area contributed by atoms with Gasteiger partial charge in [-0.05, 0) is 12.1 Å². The molecule has 1 aromatic rings. The highest BCUT2D eigenvalue weighted by Crippen LogP contribution is 2.10. The van der Waals surface area contributed by atoms with Crippen molar-refractivity contribution in [2.75, 3.05) is 6.26 Å². The Balaban J connectivity index is 2.43. The average Bonchev–Trinajstić information content (AvgIpc) is 2.03. The van der Waals surface area contributed by atoms with E-state index in [0.29, 0.717) is 0 Å². The lowest BCUT2D eigenvalue weighted by Gasteiger charge is -1.98. The normalized spacial score (nSPS) is 9.30. The van der Waals surface area contributed by atoms with Crippen LogP contribution in [0, 0.1) is 0 Å². The number of rotatable bonds is 3. The molecule has 0 heterocycles. The van der Waals surface area contributed by atoms with Gasteiger partial charge in [0, 0.05) is 18.3 Å². The molecule has 0 saturated heterocycles. The fourth-order valence-electron chi connectivity index (χ4n) is 0.549. The molecule has 0 amide bonds. The quantitative estimate of drug-likeness (QED) is 0.380. The Morgan fingerprint density at radius 2 is 1.90 bits per heavy atom. The van der Waals surface area contributed by atoms with E-state index in [1.807, 2.05) is 30.3 Å². The van der Waals surface area contributed by atoms with Crippen LogP contribution in [-0.2, 0) is 4.33 Å². The minimum Gasteiger partial charge on any atom is -0.325 e. The Labute approximate surface area is 64.3 Å². The van der Waals surface area contributed by atoms with E-state index >= 15 is 0 Å².